The molecule has 0 saturated carbocycles. The van der Waals surface area contributed by atoms with Crippen LogP contribution in [-0.4, -0.2) is 37.1 Å². The number of anilines is 1. The van der Waals surface area contributed by atoms with Crippen molar-refractivity contribution >= 4 is 28.6 Å². The van der Waals surface area contributed by atoms with E-state index < -0.39 is 11.9 Å². The molecule has 21 heavy (non-hydrogen) atoms. The monoisotopic (exact) mass is 283 g/mol. The first-order valence-electron chi connectivity index (χ1n) is 5.95. The Morgan fingerprint density at radius 2 is 1.86 bits per heavy atom. The molecule has 0 unspecified atom stereocenters. The minimum absolute atomic E-state index is 0.123. The molecule has 0 saturated heterocycles. The number of carboxylic acid groups (broad SMARTS) is 1. The minimum atomic E-state index is -1.27. The van der Waals surface area contributed by atoms with Gasteiger partial charge in [0, 0.05) is 17.8 Å². The second-order valence-corrected chi connectivity index (χ2v) is 4.13. The summed E-state index contributed by atoms with van der Waals surface area (Å²) in [6.45, 7) is 0. The van der Waals surface area contributed by atoms with Crippen LogP contribution in [-0.2, 0) is 0 Å². The maximum Gasteiger partial charge on any atom is 0.358 e. The van der Waals surface area contributed by atoms with Crippen LogP contribution in [0.2, 0.25) is 0 Å². The molecule has 2 heterocycles. The van der Waals surface area contributed by atoms with Crippen molar-refractivity contribution in [1.29, 1.82) is 0 Å². The van der Waals surface area contributed by atoms with Crippen LogP contribution >= 0.6 is 0 Å². The highest BCUT2D eigenvalue weighted by Crippen LogP contribution is 2.17. The Morgan fingerprint density at radius 3 is 2.67 bits per heavy atom. The third-order valence-corrected chi connectivity index (χ3v) is 2.82. The average Bonchev–Trinajstić information content (AvgIpc) is 2.91. The zero-order valence-electron chi connectivity index (χ0n) is 10.6. The first-order valence-corrected chi connectivity index (χ1v) is 5.95. The van der Waals surface area contributed by atoms with E-state index in [-0.39, 0.29) is 17.2 Å². The van der Waals surface area contributed by atoms with Crippen LogP contribution in [0.3, 0.4) is 0 Å². The van der Waals surface area contributed by atoms with Crippen molar-refractivity contribution in [2.45, 2.75) is 0 Å². The van der Waals surface area contributed by atoms with Gasteiger partial charge in [0.05, 0.1) is 5.52 Å². The summed E-state index contributed by atoms with van der Waals surface area (Å²) in [5.41, 5.74) is 0.540. The molecule has 3 N–H and O–H groups in total. The van der Waals surface area contributed by atoms with Crippen molar-refractivity contribution in [3.63, 3.8) is 0 Å². The van der Waals surface area contributed by atoms with Crippen LogP contribution in [0.1, 0.15) is 21.0 Å². The Labute approximate surface area is 117 Å². The van der Waals surface area contributed by atoms with Gasteiger partial charge in [-0.3, -0.25) is 9.89 Å². The number of rotatable bonds is 3. The molecule has 1 amide bonds. The standard InChI is InChI=1S/C13H9N5O3/c19-12(9-7-3-1-2-4-8(7)17-18-9)16-11-10(13(20)21)14-5-6-15-11/h1-6H,(H,17,18)(H,20,21)(H,15,16,19). The molecule has 0 fully saturated rings. The Kier molecular flexibility index (Phi) is 3.03. The number of hydrogen-bond acceptors (Lipinski definition) is 5. The zero-order valence-corrected chi connectivity index (χ0v) is 10.6. The highest BCUT2D eigenvalue weighted by molar-refractivity contribution is 6.12. The lowest BCUT2D eigenvalue weighted by atomic mass is 10.2. The van der Waals surface area contributed by atoms with Gasteiger partial charge in [-0.15, -0.1) is 0 Å². The number of hydrogen-bond donors (Lipinski definition) is 3. The van der Waals surface area contributed by atoms with Gasteiger partial charge in [0.1, 0.15) is 0 Å². The molecule has 8 heteroatoms. The number of nitrogens with one attached hydrogen (secondary N) is 2. The number of aromatic amines is 1. The van der Waals surface area contributed by atoms with E-state index in [2.05, 4.69) is 25.5 Å². The molecule has 104 valence electrons. The summed E-state index contributed by atoms with van der Waals surface area (Å²) >= 11 is 0. The number of nitrogens with zero attached hydrogens (tertiary/aromatic N) is 3. The van der Waals surface area contributed by atoms with Crippen LogP contribution in [0.5, 0.6) is 0 Å². The molecule has 0 aliphatic carbocycles. The highest BCUT2D eigenvalue weighted by Gasteiger charge is 2.19. The molecule has 0 spiro atoms. The Morgan fingerprint density at radius 1 is 1.10 bits per heavy atom. The molecular formula is C13H9N5O3. The Hall–Kier alpha value is -3.29. The summed E-state index contributed by atoms with van der Waals surface area (Å²) in [7, 11) is 0. The number of benzene rings is 1. The number of carbonyl (C=O) groups excluding carboxylic acids is 1. The molecular weight excluding hydrogens is 274 g/mol. The van der Waals surface area contributed by atoms with E-state index >= 15 is 0 Å². The van der Waals surface area contributed by atoms with Crippen LogP contribution in [0.15, 0.2) is 36.7 Å². The second kappa shape index (κ2) is 5.00. The minimum Gasteiger partial charge on any atom is -0.476 e. The normalized spacial score (nSPS) is 10.5. The first-order chi connectivity index (χ1) is 10.2. The van der Waals surface area contributed by atoms with Crippen molar-refractivity contribution in [3.05, 3.63) is 48.0 Å². The lowest BCUT2D eigenvalue weighted by molar-refractivity contribution is 0.0691. The largest absolute Gasteiger partial charge is 0.476 e. The van der Waals surface area contributed by atoms with E-state index in [0.29, 0.717) is 10.9 Å². The van der Waals surface area contributed by atoms with Crippen molar-refractivity contribution in [2.24, 2.45) is 0 Å². The third kappa shape index (κ3) is 2.29. The number of amides is 1. The van der Waals surface area contributed by atoms with Gasteiger partial charge in [0.2, 0.25) is 0 Å². The number of carbonyl (C=O) groups is 2. The smallest absolute Gasteiger partial charge is 0.358 e. The summed E-state index contributed by atoms with van der Waals surface area (Å²) < 4.78 is 0. The topological polar surface area (TPSA) is 121 Å². The summed E-state index contributed by atoms with van der Waals surface area (Å²) in [6.07, 6.45) is 2.54. The number of para-hydroxylation sites is 1. The third-order valence-electron chi connectivity index (χ3n) is 2.82. The first kappa shape index (κ1) is 12.7. The van der Waals surface area contributed by atoms with Gasteiger partial charge in [0.15, 0.2) is 17.2 Å². The number of aromatic nitrogens is 4. The number of aromatic carboxylic acids is 1. The number of H-pyrrole nitrogens is 1. The van der Waals surface area contributed by atoms with Gasteiger partial charge >= 0.3 is 5.97 Å². The van der Waals surface area contributed by atoms with E-state index in [4.69, 9.17) is 5.11 Å². The molecule has 0 aliphatic heterocycles. The zero-order chi connectivity index (χ0) is 14.8. The fraction of sp³-hybridized carbons (Fsp3) is 0. The molecule has 3 rings (SSSR count). The van der Waals surface area contributed by atoms with Gasteiger partial charge in [-0.05, 0) is 6.07 Å². The summed E-state index contributed by atoms with van der Waals surface area (Å²) in [6, 6.07) is 7.11. The fourth-order valence-electron chi connectivity index (χ4n) is 1.89. The van der Waals surface area contributed by atoms with Crippen molar-refractivity contribution in [3.8, 4) is 0 Å². The van der Waals surface area contributed by atoms with Crippen molar-refractivity contribution in [2.75, 3.05) is 5.32 Å². The van der Waals surface area contributed by atoms with Gasteiger partial charge in [-0.1, -0.05) is 18.2 Å². The Balaban J connectivity index is 1.96. The predicted molar refractivity (Wildman–Crippen MR) is 73.0 cm³/mol. The van der Waals surface area contributed by atoms with Crippen LogP contribution in [0.25, 0.3) is 10.9 Å². The summed E-state index contributed by atoms with van der Waals surface area (Å²) in [5.74, 6) is -1.96. The van der Waals surface area contributed by atoms with Gasteiger partial charge in [-0.2, -0.15) is 5.10 Å². The quantitative estimate of drug-likeness (QED) is 0.666. The van der Waals surface area contributed by atoms with Crippen LogP contribution in [0, 0.1) is 0 Å². The molecule has 0 bridgehead atoms. The maximum atomic E-state index is 12.2. The van der Waals surface area contributed by atoms with E-state index in [1.165, 1.54) is 12.4 Å². The van der Waals surface area contributed by atoms with Gasteiger partial charge in [0.25, 0.3) is 5.91 Å². The lowest BCUT2D eigenvalue weighted by Crippen LogP contribution is -2.17. The fourth-order valence-corrected chi connectivity index (χ4v) is 1.89. The van der Waals surface area contributed by atoms with Gasteiger partial charge in [-0.25, -0.2) is 14.8 Å². The Bertz CT molecular complexity index is 842. The SMILES string of the molecule is O=C(O)c1nccnc1NC(=O)c1n[nH]c2ccccc12. The number of fused-ring (bicyclic) bond motifs is 1. The van der Waals surface area contributed by atoms with E-state index in [1.807, 2.05) is 6.07 Å². The number of carboxylic acids is 1. The summed E-state index contributed by atoms with van der Waals surface area (Å²) in [4.78, 5) is 30.7. The van der Waals surface area contributed by atoms with Gasteiger partial charge < -0.3 is 10.4 Å². The van der Waals surface area contributed by atoms with E-state index in [0.717, 1.165) is 0 Å². The molecule has 8 nitrogen and oxygen atoms in total. The highest BCUT2D eigenvalue weighted by atomic mass is 16.4. The van der Waals surface area contributed by atoms with E-state index in [1.54, 1.807) is 18.2 Å². The molecule has 0 radical (unpaired) electrons. The lowest BCUT2D eigenvalue weighted by Gasteiger charge is -2.04. The molecule has 0 aliphatic rings. The van der Waals surface area contributed by atoms with E-state index in [9.17, 15) is 9.59 Å². The predicted octanol–water partition coefficient (Wildman–Crippen LogP) is 1.30. The molecule has 1 aromatic carbocycles. The molecule has 2 aromatic heterocycles. The average molecular weight is 283 g/mol. The summed E-state index contributed by atoms with van der Waals surface area (Å²) in [5, 5.41) is 18.7. The maximum absolute atomic E-state index is 12.2. The molecule has 0 atom stereocenters. The van der Waals surface area contributed by atoms with Crippen molar-refractivity contribution in [1.82, 2.24) is 20.2 Å². The molecule has 3 aromatic rings. The van der Waals surface area contributed by atoms with Crippen molar-refractivity contribution < 1.29 is 14.7 Å². The second-order valence-electron chi connectivity index (χ2n) is 4.13. The van der Waals surface area contributed by atoms with Crippen LogP contribution in [0.4, 0.5) is 5.82 Å². The van der Waals surface area contributed by atoms with Crippen LogP contribution < -0.4 is 5.32 Å².